The number of amides is 1. The molecule has 0 heterocycles. The highest BCUT2D eigenvalue weighted by Gasteiger charge is 2.29. The van der Waals surface area contributed by atoms with E-state index in [1.165, 1.54) is 11.8 Å². The van der Waals surface area contributed by atoms with Crippen LogP contribution in [0.2, 0.25) is 5.02 Å². The lowest BCUT2D eigenvalue weighted by Crippen LogP contribution is -2.37. The van der Waals surface area contributed by atoms with Crippen molar-refractivity contribution in [1.29, 1.82) is 0 Å². The molecule has 32 heavy (non-hydrogen) atoms. The van der Waals surface area contributed by atoms with E-state index < -0.39 is 11.9 Å². The third-order valence-corrected chi connectivity index (χ3v) is 5.78. The number of nitrogens with zero attached hydrogens (tertiary/aromatic N) is 1. The van der Waals surface area contributed by atoms with Crippen LogP contribution >= 0.6 is 27.5 Å². The monoisotopic (exact) mass is 511 g/mol. The van der Waals surface area contributed by atoms with Crippen molar-refractivity contribution in [3.63, 3.8) is 0 Å². The summed E-state index contributed by atoms with van der Waals surface area (Å²) in [5, 5.41) is 0.509. The van der Waals surface area contributed by atoms with Crippen LogP contribution in [0, 0.1) is 0 Å². The van der Waals surface area contributed by atoms with Gasteiger partial charge in [-0.25, -0.2) is 0 Å². The Morgan fingerprint density at radius 3 is 2.00 bits per heavy atom. The van der Waals surface area contributed by atoms with Crippen molar-refractivity contribution in [3.8, 4) is 0 Å². The Hall–Kier alpha value is -3.09. The molecule has 0 spiro atoms. The molecular weight excluding hydrogens is 494 g/mol. The minimum atomic E-state index is -0.794. The maximum Gasteiger partial charge on any atom is 0.291 e. The third kappa shape index (κ3) is 5.58. The first-order chi connectivity index (χ1) is 15.3. The summed E-state index contributed by atoms with van der Waals surface area (Å²) >= 11 is 9.31. The zero-order valence-electron chi connectivity index (χ0n) is 17.1. The van der Waals surface area contributed by atoms with Gasteiger partial charge >= 0.3 is 0 Å². The summed E-state index contributed by atoms with van der Waals surface area (Å²) in [5.74, 6) is -1.12. The molecule has 0 saturated carbocycles. The lowest BCUT2D eigenvalue weighted by Gasteiger charge is -2.31. The predicted octanol–water partition coefficient (Wildman–Crippen LogP) is 5.85. The van der Waals surface area contributed by atoms with Gasteiger partial charge in [-0.2, -0.15) is 0 Å². The van der Waals surface area contributed by atoms with Gasteiger partial charge in [0.05, 0.1) is 6.04 Å². The molecule has 0 N–H and O–H groups in total. The van der Waals surface area contributed by atoms with Crippen molar-refractivity contribution in [3.05, 3.63) is 99.0 Å². The fourth-order valence-electron chi connectivity index (χ4n) is 3.35. The first-order valence-electron chi connectivity index (χ1n) is 9.73. The van der Waals surface area contributed by atoms with Gasteiger partial charge in [-0.15, -0.1) is 0 Å². The first-order valence-corrected chi connectivity index (χ1v) is 10.9. The van der Waals surface area contributed by atoms with E-state index >= 15 is 0 Å². The Labute approximate surface area is 199 Å². The van der Waals surface area contributed by atoms with Crippen molar-refractivity contribution in [2.75, 3.05) is 4.90 Å². The van der Waals surface area contributed by atoms with E-state index in [9.17, 15) is 19.2 Å². The van der Waals surface area contributed by atoms with Crippen LogP contribution < -0.4 is 4.90 Å². The number of hydrogen-bond donors (Lipinski definition) is 0. The number of carbonyl (C=O) groups is 4. The smallest absolute Gasteiger partial charge is 0.291 e. The molecule has 0 bridgehead atoms. The Kier molecular flexibility index (Phi) is 7.72. The number of Topliss-reactive ketones (excluding diaryl/α,β-unsaturated/α-hetero) is 2. The number of carbonyl (C=O) groups excluding carboxylic acids is 4. The fraction of sp³-hybridized carbons (Fsp3) is 0.120. The number of anilines is 1. The van der Waals surface area contributed by atoms with Crippen molar-refractivity contribution >= 4 is 57.0 Å². The maximum atomic E-state index is 13.1. The van der Waals surface area contributed by atoms with Gasteiger partial charge in [0.25, 0.3) is 5.91 Å². The molecule has 3 rings (SSSR count). The largest absolute Gasteiger partial charge is 0.298 e. The highest BCUT2D eigenvalue weighted by Crippen LogP contribution is 2.32. The second-order valence-electron chi connectivity index (χ2n) is 7.13. The quantitative estimate of drug-likeness (QED) is 0.216. The molecule has 162 valence electrons. The highest BCUT2D eigenvalue weighted by atomic mass is 79.9. The van der Waals surface area contributed by atoms with E-state index in [2.05, 4.69) is 15.9 Å². The summed E-state index contributed by atoms with van der Waals surface area (Å²) in [6, 6.07) is 19.3. The van der Waals surface area contributed by atoms with Crippen LogP contribution in [-0.4, -0.2) is 23.8 Å². The normalized spacial score (nSPS) is 11.5. The van der Waals surface area contributed by atoms with Gasteiger partial charge in [0, 0.05) is 32.7 Å². The maximum absolute atomic E-state index is 13.1. The van der Waals surface area contributed by atoms with Crippen LogP contribution in [0.25, 0.3) is 0 Å². The molecule has 1 amide bonds. The van der Waals surface area contributed by atoms with Gasteiger partial charge < -0.3 is 0 Å². The third-order valence-electron chi connectivity index (χ3n) is 5.00. The van der Waals surface area contributed by atoms with Gasteiger partial charge in [0.1, 0.15) is 0 Å². The Balaban J connectivity index is 2.06. The average molecular weight is 513 g/mol. The van der Waals surface area contributed by atoms with Crippen LogP contribution in [0.3, 0.4) is 0 Å². The van der Waals surface area contributed by atoms with Crippen molar-refractivity contribution < 1.29 is 19.2 Å². The molecule has 3 aromatic rings. The zero-order chi connectivity index (χ0) is 23.3. The molecule has 0 fully saturated rings. The number of aldehydes is 1. The zero-order valence-corrected chi connectivity index (χ0v) is 19.5. The molecule has 0 aromatic heterocycles. The summed E-state index contributed by atoms with van der Waals surface area (Å²) < 4.78 is 0.836. The van der Waals surface area contributed by atoms with Crippen LogP contribution in [0.4, 0.5) is 5.69 Å². The standard InChI is InChI=1S/C25H19BrClNO4/c1-16(30)17-6-12-22(13-7-17)28(25(32)15-29)23(18-2-8-20(26)9-3-18)14-24(31)19-4-10-21(27)11-5-19/h2-13,15,23H,14H2,1H3. The molecule has 1 unspecified atom stereocenters. The number of hydrogen-bond acceptors (Lipinski definition) is 4. The molecule has 3 aromatic carbocycles. The van der Waals surface area contributed by atoms with Crippen molar-refractivity contribution in [2.24, 2.45) is 0 Å². The summed E-state index contributed by atoms with van der Waals surface area (Å²) in [4.78, 5) is 50.2. The summed E-state index contributed by atoms with van der Waals surface area (Å²) in [6.45, 7) is 1.44. The van der Waals surface area contributed by atoms with Crippen LogP contribution in [0.15, 0.2) is 77.3 Å². The fourth-order valence-corrected chi connectivity index (χ4v) is 3.74. The minimum Gasteiger partial charge on any atom is -0.298 e. The molecule has 5 nitrogen and oxygen atoms in total. The average Bonchev–Trinajstić information content (AvgIpc) is 2.79. The number of ketones is 2. The van der Waals surface area contributed by atoms with Crippen LogP contribution in [0.5, 0.6) is 0 Å². The topological polar surface area (TPSA) is 71.5 Å². The van der Waals surface area contributed by atoms with E-state index in [1.807, 2.05) is 0 Å². The summed E-state index contributed by atoms with van der Waals surface area (Å²) in [5.41, 5.74) is 2.01. The molecular formula is C25H19BrClNO4. The van der Waals surface area contributed by atoms with Crippen LogP contribution in [0.1, 0.15) is 45.7 Å². The molecule has 1 atom stereocenters. The van der Waals surface area contributed by atoms with Crippen molar-refractivity contribution in [1.82, 2.24) is 0 Å². The highest BCUT2D eigenvalue weighted by molar-refractivity contribution is 9.10. The minimum absolute atomic E-state index is 0.0582. The summed E-state index contributed by atoms with van der Waals surface area (Å²) in [6.07, 6.45) is 0.162. The molecule has 0 aliphatic heterocycles. The van der Waals surface area contributed by atoms with Gasteiger partial charge in [0.15, 0.2) is 11.6 Å². The van der Waals surface area contributed by atoms with Crippen LogP contribution in [-0.2, 0) is 9.59 Å². The Morgan fingerprint density at radius 2 is 1.47 bits per heavy atom. The Bertz CT molecular complexity index is 1140. The van der Waals surface area contributed by atoms with E-state index in [0.717, 1.165) is 4.47 Å². The van der Waals surface area contributed by atoms with Crippen molar-refractivity contribution in [2.45, 2.75) is 19.4 Å². The van der Waals surface area contributed by atoms with E-state index in [-0.39, 0.29) is 24.3 Å². The van der Waals surface area contributed by atoms with Gasteiger partial charge in [0.2, 0.25) is 6.29 Å². The Morgan fingerprint density at radius 1 is 0.906 bits per heavy atom. The summed E-state index contributed by atoms with van der Waals surface area (Å²) in [7, 11) is 0. The van der Waals surface area contributed by atoms with E-state index in [4.69, 9.17) is 11.6 Å². The second-order valence-corrected chi connectivity index (χ2v) is 8.48. The number of benzene rings is 3. The molecule has 0 radical (unpaired) electrons. The predicted molar refractivity (Wildman–Crippen MR) is 127 cm³/mol. The molecule has 0 saturated heterocycles. The van der Waals surface area contributed by atoms with E-state index in [0.29, 0.717) is 27.4 Å². The number of rotatable bonds is 8. The van der Waals surface area contributed by atoms with E-state index in [1.54, 1.807) is 72.8 Å². The van der Waals surface area contributed by atoms with Gasteiger partial charge in [-0.05, 0) is 73.2 Å². The first kappa shape index (κ1) is 23.6. The van der Waals surface area contributed by atoms with Gasteiger partial charge in [-0.1, -0.05) is 39.7 Å². The van der Waals surface area contributed by atoms with Gasteiger partial charge in [-0.3, -0.25) is 24.1 Å². The lowest BCUT2D eigenvalue weighted by atomic mass is 9.95. The molecule has 0 aliphatic carbocycles. The lowest BCUT2D eigenvalue weighted by molar-refractivity contribution is -0.129. The SMILES string of the molecule is CC(=O)c1ccc(N(C(=O)C=O)C(CC(=O)c2ccc(Cl)cc2)c2ccc(Br)cc2)cc1. The number of halogens is 2. The second kappa shape index (κ2) is 10.5. The molecule has 7 heteroatoms. The molecule has 0 aliphatic rings.